The van der Waals surface area contributed by atoms with Gasteiger partial charge in [-0.2, -0.15) is 5.10 Å². The number of hydrogen-bond acceptors (Lipinski definition) is 4. The van der Waals surface area contributed by atoms with Crippen LogP contribution >= 0.6 is 34.5 Å². The molecular formula is C17H13Cl2N3S. The summed E-state index contributed by atoms with van der Waals surface area (Å²) >= 11 is 13.4. The first-order valence-electron chi connectivity index (χ1n) is 6.90. The Morgan fingerprint density at radius 3 is 2.61 bits per heavy atom. The fourth-order valence-electron chi connectivity index (χ4n) is 2.06. The van der Waals surface area contributed by atoms with Gasteiger partial charge in [0.1, 0.15) is 0 Å². The zero-order valence-corrected chi connectivity index (χ0v) is 14.6. The Bertz CT molecular complexity index is 844. The van der Waals surface area contributed by atoms with Gasteiger partial charge in [0.15, 0.2) is 0 Å². The number of aryl methyl sites for hydroxylation is 1. The van der Waals surface area contributed by atoms with Crippen molar-refractivity contribution in [2.24, 2.45) is 5.10 Å². The molecule has 0 aliphatic rings. The van der Waals surface area contributed by atoms with Gasteiger partial charge < -0.3 is 0 Å². The quantitative estimate of drug-likeness (QED) is 0.465. The average molecular weight is 362 g/mol. The average Bonchev–Trinajstić information content (AvgIpc) is 2.92. The molecule has 0 fully saturated rings. The summed E-state index contributed by atoms with van der Waals surface area (Å²) in [4.78, 5) is 5.73. The zero-order valence-electron chi connectivity index (χ0n) is 12.3. The second-order valence-corrected chi connectivity index (χ2v) is 6.85. The van der Waals surface area contributed by atoms with Gasteiger partial charge in [0, 0.05) is 10.4 Å². The Hall–Kier alpha value is -1.88. The first-order chi connectivity index (χ1) is 11.1. The monoisotopic (exact) mass is 361 g/mol. The van der Waals surface area contributed by atoms with Crippen molar-refractivity contribution < 1.29 is 0 Å². The minimum absolute atomic E-state index is 0.507. The minimum Gasteiger partial charge on any atom is -0.253 e. The van der Waals surface area contributed by atoms with E-state index < -0.39 is 0 Å². The smallest absolute Gasteiger partial charge is 0.204 e. The highest BCUT2D eigenvalue weighted by Crippen LogP contribution is 2.30. The molecule has 0 saturated heterocycles. The van der Waals surface area contributed by atoms with Crippen LogP contribution in [-0.4, -0.2) is 11.2 Å². The summed E-state index contributed by atoms with van der Waals surface area (Å²) in [6.45, 7) is 2.05. The Balaban J connectivity index is 1.74. The van der Waals surface area contributed by atoms with Gasteiger partial charge >= 0.3 is 0 Å². The third kappa shape index (κ3) is 3.91. The topological polar surface area (TPSA) is 37.3 Å². The van der Waals surface area contributed by atoms with Gasteiger partial charge in [-0.3, -0.25) is 5.43 Å². The van der Waals surface area contributed by atoms with E-state index in [2.05, 4.69) is 15.5 Å². The molecule has 0 radical (unpaired) electrons. The highest BCUT2D eigenvalue weighted by Gasteiger charge is 2.08. The van der Waals surface area contributed by atoms with E-state index in [9.17, 15) is 0 Å². The summed E-state index contributed by atoms with van der Waals surface area (Å²) in [6, 6.07) is 15.4. The summed E-state index contributed by atoms with van der Waals surface area (Å²) in [5.74, 6) is 0. The lowest BCUT2D eigenvalue weighted by atomic mass is 10.1. The van der Waals surface area contributed by atoms with Gasteiger partial charge in [0.25, 0.3) is 0 Å². The Morgan fingerprint density at radius 2 is 1.87 bits per heavy atom. The summed E-state index contributed by atoms with van der Waals surface area (Å²) in [5, 5.41) is 5.98. The molecule has 1 N–H and O–H groups in total. The van der Waals surface area contributed by atoms with Gasteiger partial charge in [-0.1, -0.05) is 59.6 Å². The first-order valence-corrected chi connectivity index (χ1v) is 8.48. The maximum Gasteiger partial charge on any atom is 0.204 e. The number of hydrazone groups is 1. The number of nitrogens with zero attached hydrogens (tertiary/aromatic N) is 2. The van der Waals surface area contributed by atoms with Crippen molar-refractivity contribution in [2.45, 2.75) is 6.92 Å². The fraction of sp³-hybridized carbons (Fsp3) is 0.0588. The number of aromatic nitrogens is 1. The molecule has 3 nitrogen and oxygen atoms in total. The molecule has 3 aromatic rings. The predicted octanol–water partition coefficient (Wildman–Crippen LogP) is 5.87. The largest absolute Gasteiger partial charge is 0.253 e. The molecule has 0 amide bonds. The van der Waals surface area contributed by atoms with E-state index in [1.54, 1.807) is 29.7 Å². The molecule has 116 valence electrons. The van der Waals surface area contributed by atoms with Crippen molar-refractivity contribution in [3.05, 3.63) is 69.0 Å². The molecule has 0 spiro atoms. The van der Waals surface area contributed by atoms with Gasteiger partial charge in [0.2, 0.25) is 5.13 Å². The van der Waals surface area contributed by atoms with Crippen LogP contribution in [0, 0.1) is 6.92 Å². The van der Waals surface area contributed by atoms with E-state index >= 15 is 0 Å². The molecule has 6 heteroatoms. The zero-order chi connectivity index (χ0) is 16.2. The van der Waals surface area contributed by atoms with Gasteiger partial charge in [0.05, 0.1) is 22.0 Å². The molecule has 1 heterocycles. The van der Waals surface area contributed by atoms with Gasteiger partial charge in [-0.15, -0.1) is 11.3 Å². The van der Waals surface area contributed by atoms with Crippen LogP contribution < -0.4 is 5.43 Å². The lowest BCUT2D eigenvalue weighted by Crippen LogP contribution is -1.90. The molecule has 0 bridgehead atoms. The maximum atomic E-state index is 5.98. The fourth-order valence-corrected chi connectivity index (χ4v) is 3.15. The number of benzene rings is 2. The van der Waals surface area contributed by atoms with Crippen molar-refractivity contribution in [3.8, 4) is 11.3 Å². The van der Waals surface area contributed by atoms with Crippen LogP contribution in [0.4, 0.5) is 5.13 Å². The molecule has 0 aliphatic heterocycles. The number of halogens is 2. The number of thiazole rings is 1. The van der Waals surface area contributed by atoms with Crippen LogP contribution in [0.15, 0.2) is 53.6 Å². The highest BCUT2D eigenvalue weighted by atomic mass is 35.5. The molecule has 2 aromatic carbocycles. The van der Waals surface area contributed by atoms with E-state index in [0.717, 1.165) is 26.8 Å². The van der Waals surface area contributed by atoms with Crippen molar-refractivity contribution in [1.29, 1.82) is 0 Å². The van der Waals surface area contributed by atoms with E-state index in [4.69, 9.17) is 23.2 Å². The number of hydrogen-bond donors (Lipinski definition) is 1. The Morgan fingerprint density at radius 1 is 1.09 bits per heavy atom. The second-order valence-electron chi connectivity index (χ2n) is 4.83. The van der Waals surface area contributed by atoms with E-state index in [0.29, 0.717) is 10.0 Å². The molecule has 3 rings (SSSR count). The van der Waals surface area contributed by atoms with Crippen LogP contribution in [0.2, 0.25) is 10.0 Å². The van der Waals surface area contributed by atoms with E-state index in [-0.39, 0.29) is 0 Å². The Labute approximate surface area is 148 Å². The van der Waals surface area contributed by atoms with Crippen molar-refractivity contribution in [1.82, 2.24) is 4.98 Å². The van der Waals surface area contributed by atoms with Crippen LogP contribution in [0.5, 0.6) is 0 Å². The van der Waals surface area contributed by atoms with E-state index in [1.807, 2.05) is 43.3 Å². The third-order valence-electron chi connectivity index (χ3n) is 3.16. The first kappa shape index (κ1) is 16.0. The van der Waals surface area contributed by atoms with Crippen molar-refractivity contribution in [2.75, 3.05) is 5.43 Å². The van der Waals surface area contributed by atoms with E-state index in [1.165, 1.54) is 0 Å². The summed E-state index contributed by atoms with van der Waals surface area (Å²) < 4.78 is 0. The molecular weight excluding hydrogens is 349 g/mol. The van der Waals surface area contributed by atoms with Crippen LogP contribution in [0.1, 0.15) is 10.4 Å². The maximum absolute atomic E-state index is 5.98. The number of rotatable bonds is 4. The SMILES string of the molecule is Cc1sc(N/N=C/c2ccc(Cl)c(Cl)c2)nc1-c1ccccc1. The lowest BCUT2D eigenvalue weighted by molar-refractivity contribution is 1.28. The lowest BCUT2D eigenvalue weighted by Gasteiger charge is -1.98. The molecule has 0 atom stereocenters. The van der Waals surface area contributed by atoms with Gasteiger partial charge in [-0.05, 0) is 24.6 Å². The Kier molecular flexibility index (Phi) is 4.96. The summed E-state index contributed by atoms with van der Waals surface area (Å²) in [7, 11) is 0. The standard InChI is InChI=1S/C17H13Cl2N3S/c1-11-16(13-5-3-2-4-6-13)21-17(23-11)22-20-10-12-7-8-14(18)15(19)9-12/h2-10H,1H3,(H,21,22)/b20-10+. The predicted molar refractivity (Wildman–Crippen MR) is 100.0 cm³/mol. The summed E-state index contributed by atoms with van der Waals surface area (Å²) in [6.07, 6.45) is 1.68. The van der Waals surface area contributed by atoms with Crippen molar-refractivity contribution >= 4 is 45.9 Å². The van der Waals surface area contributed by atoms with Crippen LogP contribution in [0.25, 0.3) is 11.3 Å². The minimum atomic E-state index is 0.507. The van der Waals surface area contributed by atoms with Crippen LogP contribution in [-0.2, 0) is 0 Å². The van der Waals surface area contributed by atoms with Crippen molar-refractivity contribution in [3.63, 3.8) is 0 Å². The highest BCUT2D eigenvalue weighted by molar-refractivity contribution is 7.15. The van der Waals surface area contributed by atoms with Gasteiger partial charge in [-0.25, -0.2) is 4.98 Å². The molecule has 0 aliphatic carbocycles. The third-order valence-corrected chi connectivity index (χ3v) is 4.78. The summed E-state index contributed by atoms with van der Waals surface area (Å²) in [5.41, 5.74) is 5.90. The molecule has 0 unspecified atom stereocenters. The number of nitrogens with one attached hydrogen (secondary N) is 1. The molecule has 1 aromatic heterocycles. The number of anilines is 1. The molecule has 0 saturated carbocycles. The van der Waals surface area contributed by atoms with Crippen LogP contribution in [0.3, 0.4) is 0 Å². The normalized spacial score (nSPS) is 11.1. The second kappa shape index (κ2) is 7.13. The molecule has 23 heavy (non-hydrogen) atoms.